The molecule has 0 bridgehead atoms. The van der Waals surface area contributed by atoms with Gasteiger partial charge in [0, 0.05) is 25.6 Å². The molecule has 8 nitrogen and oxygen atoms in total. The van der Waals surface area contributed by atoms with Crippen LogP contribution in [0.3, 0.4) is 0 Å². The zero-order chi connectivity index (χ0) is 23.2. The van der Waals surface area contributed by atoms with Crippen molar-refractivity contribution in [2.24, 2.45) is 0 Å². The molecule has 1 amide bonds. The fraction of sp³-hybridized carbons (Fsp3) is 0.273. The molecule has 5 rings (SSSR count). The molecular formula is C22H19F3N6O2. The molecule has 4 aromatic rings. The van der Waals surface area contributed by atoms with Crippen LogP contribution < -0.4 is 5.32 Å². The third kappa shape index (κ3) is 3.90. The molecule has 1 aliphatic heterocycles. The maximum Gasteiger partial charge on any atom is 0.295 e. The van der Waals surface area contributed by atoms with Crippen molar-refractivity contribution < 1.29 is 22.4 Å². The van der Waals surface area contributed by atoms with Crippen LogP contribution in [-0.2, 0) is 0 Å². The minimum absolute atomic E-state index is 0.0253. The molecule has 1 fully saturated rings. The van der Waals surface area contributed by atoms with E-state index in [-0.39, 0.29) is 30.2 Å². The lowest BCUT2D eigenvalue weighted by molar-refractivity contribution is -0.0249. The summed E-state index contributed by atoms with van der Waals surface area (Å²) in [5.41, 5.74) is 2.01. The average molecular weight is 456 g/mol. The van der Waals surface area contributed by atoms with Gasteiger partial charge < -0.3 is 14.6 Å². The van der Waals surface area contributed by atoms with Crippen LogP contribution in [0.2, 0.25) is 0 Å². The van der Waals surface area contributed by atoms with E-state index in [0.717, 1.165) is 10.5 Å². The Morgan fingerprint density at radius 1 is 1.21 bits per heavy atom. The standard InChI is InChI=1S/C22H19F3N6O2/c1-13-2-4-17(31-27-7-8-28-31)15(10-13)20(32)30-9-6-22(24,25)19(30)12-26-21-29-16-11-14(23)3-5-18(16)33-21/h2-5,7-8,10-11,19H,6,9,12H2,1H3,(H,26,29)/t19-/m1/s1. The summed E-state index contributed by atoms with van der Waals surface area (Å²) in [7, 11) is 0. The van der Waals surface area contributed by atoms with Gasteiger partial charge in [-0.05, 0) is 31.2 Å². The number of aryl methyl sites for hydroxylation is 1. The van der Waals surface area contributed by atoms with Gasteiger partial charge in [0.2, 0.25) is 0 Å². The summed E-state index contributed by atoms with van der Waals surface area (Å²) in [4.78, 5) is 19.9. The summed E-state index contributed by atoms with van der Waals surface area (Å²) in [6.45, 7) is 1.40. The Kier molecular flexibility index (Phi) is 5.03. The van der Waals surface area contributed by atoms with Gasteiger partial charge >= 0.3 is 0 Å². The molecule has 1 aliphatic rings. The number of halogens is 3. The van der Waals surface area contributed by atoms with Crippen molar-refractivity contribution in [3.05, 3.63) is 65.7 Å². The van der Waals surface area contributed by atoms with Crippen LogP contribution >= 0.6 is 0 Å². The molecule has 170 valence electrons. The highest BCUT2D eigenvalue weighted by molar-refractivity contribution is 5.98. The van der Waals surface area contributed by atoms with Gasteiger partial charge in [0.1, 0.15) is 17.4 Å². The normalized spacial score (nSPS) is 17.6. The molecule has 11 heteroatoms. The molecule has 1 N–H and O–H groups in total. The van der Waals surface area contributed by atoms with Gasteiger partial charge in [-0.3, -0.25) is 4.79 Å². The number of benzene rings is 2. The number of carbonyl (C=O) groups is 1. The highest BCUT2D eigenvalue weighted by Crippen LogP contribution is 2.36. The van der Waals surface area contributed by atoms with Crippen LogP contribution in [0.25, 0.3) is 16.8 Å². The van der Waals surface area contributed by atoms with E-state index in [0.29, 0.717) is 11.3 Å². The molecule has 2 aromatic heterocycles. The summed E-state index contributed by atoms with van der Waals surface area (Å²) in [5.74, 6) is -4.15. The summed E-state index contributed by atoms with van der Waals surface area (Å²) in [6, 6.07) is 7.47. The number of oxazole rings is 1. The number of hydrogen-bond acceptors (Lipinski definition) is 6. The first-order chi connectivity index (χ1) is 15.8. The summed E-state index contributed by atoms with van der Waals surface area (Å²) in [6.07, 6.45) is 2.47. The first-order valence-electron chi connectivity index (χ1n) is 10.3. The fourth-order valence-electron chi connectivity index (χ4n) is 3.97. The highest BCUT2D eigenvalue weighted by atomic mass is 19.3. The Morgan fingerprint density at radius 3 is 2.79 bits per heavy atom. The Labute approximate surface area is 186 Å². The van der Waals surface area contributed by atoms with Crippen molar-refractivity contribution >= 4 is 23.0 Å². The van der Waals surface area contributed by atoms with Gasteiger partial charge in [0.25, 0.3) is 17.8 Å². The zero-order valence-corrected chi connectivity index (χ0v) is 17.5. The number of likely N-dealkylation sites (tertiary alicyclic amines) is 1. The van der Waals surface area contributed by atoms with E-state index in [9.17, 15) is 18.0 Å². The van der Waals surface area contributed by atoms with Gasteiger partial charge in [0.05, 0.1) is 23.6 Å². The molecule has 0 unspecified atom stereocenters. The summed E-state index contributed by atoms with van der Waals surface area (Å²) >= 11 is 0. The van der Waals surface area contributed by atoms with Crippen LogP contribution in [0.4, 0.5) is 19.2 Å². The number of fused-ring (bicyclic) bond motifs is 1. The number of carbonyl (C=O) groups excluding carboxylic acids is 1. The maximum atomic E-state index is 14.8. The molecule has 0 spiro atoms. The molecule has 33 heavy (non-hydrogen) atoms. The number of rotatable bonds is 5. The number of aromatic nitrogens is 4. The summed E-state index contributed by atoms with van der Waals surface area (Å²) < 4.78 is 48.4. The van der Waals surface area contributed by atoms with E-state index >= 15 is 0 Å². The monoisotopic (exact) mass is 456 g/mol. The smallest absolute Gasteiger partial charge is 0.295 e. The minimum atomic E-state index is -3.12. The molecule has 0 aliphatic carbocycles. The van der Waals surface area contributed by atoms with Crippen molar-refractivity contribution in [2.75, 3.05) is 18.4 Å². The lowest BCUT2D eigenvalue weighted by Crippen LogP contribution is -2.47. The first-order valence-corrected chi connectivity index (χ1v) is 10.3. The number of amides is 1. The van der Waals surface area contributed by atoms with E-state index in [2.05, 4.69) is 20.5 Å². The van der Waals surface area contributed by atoms with Gasteiger partial charge in [0.15, 0.2) is 5.58 Å². The van der Waals surface area contributed by atoms with Crippen LogP contribution in [0.15, 0.2) is 53.2 Å². The topological polar surface area (TPSA) is 89.1 Å². The van der Waals surface area contributed by atoms with E-state index in [1.54, 1.807) is 18.2 Å². The molecule has 1 atom stereocenters. The largest absolute Gasteiger partial charge is 0.424 e. The number of nitrogens with zero attached hydrogens (tertiary/aromatic N) is 5. The van der Waals surface area contributed by atoms with Gasteiger partial charge in [-0.25, -0.2) is 13.2 Å². The Hall–Kier alpha value is -3.89. The molecular weight excluding hydrogens is 437 g/mol. The van der Waals surface area contributed by atoms with Gasteiger partial charge in [-0.2, -0.15) is 20.0 Å². The number of hydrogen-bond donors (Lipinski definition) is 1. The molecule has 1 saturated heterocycles. The SMILES string of the molecule is Cc1ccc(-n2nccn2)c(C(=O)N2CCC(F)(F)[C@H]2CNc2nc3cc(F)ccc3o2)c1. The van der Waals surface area contributed by atoms with Crippen molar-refractivity contribution in [1.82, 2.24) is 24.9 Å². The molecule has 2 aromatic carbocycles. The highest BCUT2D eigenvalue weighted by Gasteiger charge is 2.51. The first kappa shape index (κ1) is 21.0. The predicted octanol–water partition coefficient (Wildman–Crippen LogP) is 3.82. The Balaban J connectivity index is 1.42. The predicted molar refractivity (Wildman–Crippen MR) is 113 cm³/mol. The van der Waals surface area contributed by atoms with E-state index in [1.165, 1.54) is 35.4 Å². The van der Waals surface area contributed by atoms with Crippen LogP contribution in [0.1, 0.15) is 22.3 Å². The number of alkyl halides is 2. The minimum Gasteiger partial charge on any atom is -0.424 e. The maximum absolute atomic E-state index is 14.8. The van der Waals surface area contributed by atoms with E-state index in [4.69, 9.17) is 4.42 Å². The Morgan fingerprint density at radius 2 is 2.00 bits per heavy atom. The molecule has 0 saturated carbocycles. The van der Waals surface area contributed by atoms with Gasteiger partial charge in [-0.15, -0.1) is 0 Å². The van der Waals surface area contributed by atoms with Gasteiger partial charge in [-0.1, -0.05) is 11.6 Å². The van der Waals surface area contributed by atoms with E-state index < -0.39 is 30.1 Å². The summed E-state index contributed by atoms with van der Waals surface area (Å²) in [5, 5.41) is 10.9. The zero-order valence-electron chi connectivity index (χ0n) is 17.5. The van der Waals surface area contributed by atoms with Crippen LogP contribution in [-0.4, -0.2) is 55.8 Å². The van der Waals surface area contributed by atoms with E-state index in [1.807, 2.05) is 6.92 Å². The second-order valence-corrected chi connectivity index (χ2v) is 7.88. The third-order valence-corrected chi connectivity index (χ3v) is 5.62. The van der Waals surface area contributed by atoms with Crippen LogP contribution in [0.5, 0.6) is 0 Å². The second kappa shape index (κ2) is 7.91. The number of anilines is 1. The van der Waals surface area contributed by atoms with Crippen molar-refractivity contribution in [1.29, 1.82) is 0 Å². The van der Waals surface area contributed by atoms with Crippen molar-refractivity contribution in [3.8, 4) is 5.69 Å². The number of nitrogens with one attached hydrogen (secondary N) is 1. The fourth-order valence-corrected chi connectivity index (χ4v) is 3.97. The second-order valence-electron chi connectivity index (χ2n) is 7.88. The lowest BCUT2D eigenvalue weighted by atomic mass is 10.1. The van der Waals surface area contributed by atoms with Crippen LogP contribution in [0, 0.1) is 12.7 Å². The van der Waals surface area contributed by atoms with Crippen molar-refractivity contribution in [3.63, 3.8) is 0 Å². The quantitative estimate of drug-likeness (QED) is 0.491. The lowest BCUT2D eigenvalue weighted by Gasteiger charge is -2.28. The average Bonchev–Trinajstić information content (AvgIpc) is 3.50. The van der Waals surface area contributed by atoms with Crippen molar-refractivity contribution in [2.45, 2.75) is 25.3 Å². The molecule has 3 heterocycles. The molecule has 0 radical (unpaired) electrons. The Bertz CT molecular complexity index is 1320. The third-order valence-electron chi connectivity index (χ3n) is 5.62.